The number of rotatable bonds is 6. The molecule has 0 aliphatic rings. The normalized spacial score (nSPS) is 10.2. The van der Waals surface area contributed by atoms with Crippen LogP contribution in [0.2, 0.25) is 5.02 Å². The van der Waals surface area contributed by atoms with E-state index in [0.717, 1.165) is 0 Å². The number of anilines is 3. The fourth-order valence-electron chi connectivity index (χ4n) is 2.33. The van der Waals surface area contributed by atoms with Gasteiger partial charge in [-0.25, -0.2) is 9.97 Å². The van der Waals surface area contributed by atoms with E-state index in [9.17, 15) is 4.79 Å². The number of methoxy groups -OCH3 is 2. The minimum atomic E-state index is -0.397. The van der Waals surface area contributed by atoms with Gasteiger partial charge in [0.05, 0.1) is 30.6 Å². The third-order valence-electron chi connectivity index (χ3n) is 3.66. The maximum absolute atomic E-state index is 12.5. The molecule has 0 atom stereocenters. The summed E-state index contributed by atoms with van der Waals surface area (Å²) in [5, 5.41) is 6.20. The van der Waals surface area contributed by atoms with Crippen molar-refractivity contribution in [3.63, 3.8) is 0 Å². The lowest BCUT2D eigenvalue weighted by Crippen LogP contribution is -2.15. The Morgan fingerprint density at radius 3 is 2.59 bits per heavy atom. The average Bonchev–Trinajstić information content (AvgIpc) is 2.70. The molecule has 0 aliphatic carbocycles. The van der Waals surface area contributed by atoms with Crippen LogP contribution in [0, 0.1) is 0 Å². The molecule has 0 aliphatic heterocycles. The Labute approximate surface area is 161 Å². The van der Waals surface area contributed by atoms with Gasteiger partial charge in [-0.3, -0.25) is 4.79 Å². The van der Waals surface area contributed by atoms with Crippen molar-refractivity contribution in [1.29, 1.82) is 0 Å². The van der Waals surface area contributed by atoms with Gasteiger partial charge in [-0.15, -0.1) is 0 Å². The van der Waals surface area contributed by atoms with E-state index in [2.05, 4.69) is 20.6 Å². The van der Waals surface area contributed by atoms with Crippen molar-refractivity contribution in [3.05, 3.63) is 65.4 Å². The number of aromatic nitrogens is 2. The van der Waals surface area contributed by atoms with Gasteiger partial charge in [-0.1, -0.05) is 23.7 Å². The second-order valence-electron chi connectivity index (χ2n) is 5.39. The Morgan fingerprint density at radius 1 is 1.04 bits per heavy atom. The SMILES string of the molecule is COc1ccc(OC)c(Nc2nccc(C(=O)Nc3ccccc3Cl)n2)c1. The molecule has 138 valence electrons. The van der Waals surface area contributed by atoms with Crippen LogP contribution in [-0.4, -0.2) is 30.1 Å². The lowest BCUT2D eigenvalue weighted by molar-refractivity contribution is 0.102. The Kier molecular flexibility index (Phi) is 5.73. The van der Waals surface area contributed by atoms with Crippen molar-refractivity contribution in [3.8, 4) is 11.5 Å². The number of halogens is 1. The molecule has 27 heavy (non-hydrogen) atoms. The number of amides is 1. The second kappa shape index (κ2) is 8.37. The monoisotopic (exact) mass is 384 g/mol. The van der Waals surface area contributed by atoms with Crippen molar-refractivity contribution in [2.45, 2.75) is 0 Å². The molecular weight excluding hydrogens is 368 g/mol. The first-order chi connectivity index (χ1) is 13.1. The van der Waals surface area contributed by atoms with Gasteiger partial charge in [0, 0.05) is 12.3 Å². The minimum Gasteiger partial charge on any atom is -0.497 e. The number of nitrogens with zero attached hydrogens (tertiary/aromatic N) is 2. The molecule has 0 spiro atoms. The highest BCUT2D eigenvalue weighted by Gasteiger charge is 2.12. The predicted octanol–water partition coefficient (Wildman–Crippen LogP) is 4.14. The van der Waals surface area contributed by atoms with E-state index in [-0.39, 0.29) is 11.6 Å². The number of carbonyl (C=O) groups is 1. The van der Waals surface area contributed by atoms with E-state index in [0.29, 0.717) is 27.9 Å². The molecule has 0 saturated heterocycles. The quantitative estimate of drug-likeness (QED) is 0.664. The largest absolute Gasteiger partial charge is 0.497 e. The zero-order valence-corrected chi connectivity index (χ0v) is 15.4. The molecule has 0 bridgehead atoms. The summed E-state index contributed by atoms with van der Waals surface area (Å²) in [6.45, 7) is 0. The second-order valence-corrected chi connectivity index (χ2v) is 5.80. The number of nitrogens with one attached hydrogen (secondary N) is 2. The highest BCUT2D eigenvalue weighted by Crippen LogP contribution is 2.30. The molecule has 0 saturated carbocycles. The third-order valence-corrected chi connectivity index (χ3v) is 3.99. The average molecular weight is 385 g/mol. The number of hydrogen-bond donors (Lipinski definition) is 2. The van der Waals surface area contributed by atoms with Crippen molar-refractivity contribution in [2.75, 3.05) is 24.9 Å². The van der Waals surface area contributed by atoms with Gasteiger partial charge in [0.25, 0.3) is 5.91 Å². The molecule has 3 rings (SSSR count). The van der Waals surface area contributed by atoms with Crippen LogP contribution < -0.4 is 20.1 Å². The van der Waals surface area contributed by atoms with Crippen LogP contribution in [0.4, 0.5) is 17.3 Å². The Balaban J connectivity index is 1.82. The summed E-state index contributed by atoms with van der Waals surface area (Å²) in [5.74, 6) is 1.08. The van der Waals surface area contributed by atoms with Crippen LogP contribution in [0.5, 0.6) is 11.5 Å². The molecule has 8 heteroatoms. The lowest BCUT2D eigenvalue weighted by Gasteiger charge is -2.12. The Bertz CT molecular complexity index is 965. The van der Waals surface area contributed by atoms with Crippen LogP contribution in [0.25, 0.3) is 0 Å². The maximum atomic E-state index is 12.5. The van der Waals surface area contributed by atoms with Gasteiger partial charge >= 0.3 is 0 Å². The molecule has 0 fully saturated rings. The van der Waals surface area contributed by atoms with Gasteiger partial charge in [-0.05, 0) is 30.3 Å². The van der Waals surface area contributed by atoms with Gasteiger partial charge < -0.3 is 20.1 Å². The summed E-state index contributed by atoms with van der Waals surface area (Å²) >= 11 is 6.07. The Hall–Kier alpha value is -3.32. The summed E-state index contributed by atoms with van der Waals surface area (Å²) in [5.41, 5.74) is 1.31. The topological polar surface area (TPSA) is 85.4 Å². The van der Waals surface area contributed by atoms with Crippen LogP contribution in [-0.2, 0) is 0 Å². The number of benzene rings is 2. The molecule has 2 N–H and O–H groups in total. The molecular formula is C19H17ClN4O3. The fraction of sp³-hybridized carbons (Fsp3) is 0.105. The van der Waals surface area contributed by atoms with E-state index in [1.807, 2.05) is 0 Å². The first kappa shape index (κ1) is 18.5. The van der Waals surface area contributed by atoms with E-state index < -0.39 is 5.91 Å². The molecule has 0 radical (unpaired) electrons. The molecule has 1 amide bonds. The predicted molar refractivity (Wildman–Crippen MR) is 104 cm³/mol. The van der Waals surface area contributed by atoms with Crippen LogP contribution in [0.3, 0.4) is 0 Å². The standard InChI is InChI=1S/C19H17ClN4O3/c1-26-12-7-8-17(27-2)16(11-12)24-19-21-10-9-15(23-19)18(25)22-14-6-4-3-5-13(14)20/h3-11H,1-2H3,(H,22,25)(H,21,23,24). The van der Waals surface area contributed by atoms with Crippen molar-refractivity contribution in [1.82, 2.24) is 9.97 Å². The van der Waals surface area contributed by atoms with Crippen molar-refractivity contribution < 1.29 is 14.3 Å². The van der Waals surface area contributed by atoms with E-state index in [1.165, 1.54) is 12.3 Å². The van der Waals surface area contributed by atoms with Crippen LogP contribution in [0.1, 0.15) is 10.5 Å². The number of ether oxygens (including phenoxy) is 2. The lowest BCUT2D eigenvalue weighted by atomic mass is 10.2. The van der Waals surface area contributed by atoms with Gasteiger partial charge in [0.2, 0.25) is 5.95 Å². The number of carbonyl (C=O) groups excluding carboxylic acids is 1. The summed E-state index contributed by atoms with van der Waals surface area (Å²) in [6, 6.07) is 13.8. The molecule has 7 nitrogen and oxygen atoms in total. The number of para-hydroxylation sites is 1. The van der Waals surface area contributed by atoms with Crippen molar-refractivity contribution in [2.24, 2.45) is 0 Å². The van der Waals surface area contributed by atoms with Gasteiger partial charge in [0.1, 0.15) is 17.2 Å². The highest BCUT2D eigenvalue weighted by atomic mass is 35.5. The molecule has 3 aromatic rings. The molecule has 1 aromatic heterocycles. The highest BCUT2D eigenvalue weighted by molar-refractivity contribution is 6.33. The molecule has 2 aromatic carbocycles. The van der Waals surface area contributed by atoms with Gasteiger partial charge in [0.15, 0.2) is 0 Å². The fourth-order valence-corrected chi connectivity index (χ4v) is 2.51. The number of hydrogen-bond acceptors (Lipinski definition) is 6. The maximum Gasteiger partial charge on any atom is 0.274 e. The third kappa shape index (κ3) is 4.45. The minimum absolute atomic E-state index is 0.189. The Morgan fingerprint density at radius 2 is 1.85 bits per heavy atom. The summed E-state index contributed by atoms with van der Waals surface area (Å²) in [6.07, 6.45) is 1.49. The van der Waals surface area contributed by atoms with Crippen LogP contribution in [0.15, 0.2) is 54.7 Å². The van der Waals surface area contributed by atoms with E-state index in [1.54, 1.807) is 56.7 Å². The van der Waals surface area contributed by atoms with Gasteiger partial charge in [-0.2, -0.15) is 0 Å². The summed E-state index contributed by atoms with van der Waals surface area (Å²) in [7, 11) is 3.13. The zero-order chi connectivity index (χ0) is 19.2. The first-order valence-corrected chi connectivity index (χ1v) is 8.36. The summed E-state index contributed by atoms with van der Waals surface area (Å²) in [4.78, 5) is 20.9. The molecule has 0 unspecified atom stereocenters. The van der Waals surface area contributed by atoms with E-state index in [4.69, 9.17) is 21.1 Å². The smallest absolute Gasteiger partial charge is 0.274 e. The van der Waals surface area contributed by atoms with Crippen molar-refractivity contribution >= 4 is 34.8 Å². The summed E-state index contributed by atoms with van der Waals surface area (Å²) < 4.78 is 10.5. The van der Waals surface area contributed by atoms with E-state index >= 15 is 0 Å². The van der Waals surface area contributed by atoms with Crippen LogP contribution >= 0.6 is 11.6 Å². The molecule has 1 heterocycles. The first-order valence-electron chi connectivity index (χ1n) is 7.98. The zero-order valence-electron chi connectivity index (χ0n) is 14.7.